The summed E-state index contributed by atoms with van der Waals surface area (Å²) in [6.45, 7) is 5.62. The van der Waals surface area contributed by atoms with Crippen LogP contribution in [-0.4, -0.2) is 68.6 Å². The molecule has 0 radical (unpaired) electrons. The minimum absolute atomic E-state index is 0.122. The average molecular weight is 577 g/mol. The molecule has 0 saturated heterocycles. The quantitative estimate of drug-likeness (QED) is 0.290. The molecule has 3 aromatic heterocycles. The molecule has 4 rings (SSSR count). The van der Waals surface area contributed by atoms with E-state index in [1.807, 2.05) is 0 Å². The minimum atomic E-state index is -0.627. The van der Waals surface area contributed by atoms with Crippen LogP contribution in [-0.2, 0) is 29.0 Å². The van der Waals surface area contributed by atoms with Gasteiger partial charge in [0.2, 0.25) is 5.91 Å². The van der Waals surface area contributed by atoms with E-state index in [1.54, 1.807) is 27.9 Å². The van der Waals surface area contributed by atoms with Crippen molar-refractivity contribution in [2.75, 3.05) is 27.4 Å². The van der Waals surface area contributed by atoms with E-state index in [1.165, 1.54) is 58.4 Å². The summed E-state index contributed by atoms with van der Waals surface area (Å²) in [7, 11) is 3.04. The van der Waals surface area contributed by atoms with Crippen molar-refractivity contribution < 1.29 is 23.8 Å². The van der Waals surface area contributed by atoms with E-state index < -0.39 is 29.5 Å². The van der Waals surface area contributed by atoms with Gasteiger partial charge in [0.1, 0.15) is 27.9 Å². The average Bonchev–Trinajstić information content (AvgIpc) is 3.55. The number of hydrogen-bond acceptors (Lipinski definition) is 9. The summed E-state index contributed by atoms with van der Waals surface area (Å²) < 4.78 is 26.0. The zero-order valence-electron chi connectivity index (χ0n) is 23.0. The van der Waals surface area contributed by atoms with Crippen molar-refractivity contribution in [2.24, 2.45) is 0 Å². The Kier molecular flexibility index (Phi) is 10.7. The van der Waals surface area contributed by atoms with Crippen LogP contribution in [0.2, 0.25) is 0 Å². The maximum atomic E-state index is 13.9. The molecular weight excluding hydrogens is 543 g/mol. The Balaban J connectivity index is 0.000000810. The zero-order chi connectivity index (χ0) is 29.4. The van der Waals surface area contributed by atoms with E-state index in [0.29, 0.717) is 38.7 Å². The molecule has 0 aliphatic heterocycles. The van der Waals surface area contributed by atoms with Crippen LogP contribution in [0.4, 0.5) is 4.39 Å². The first-order chi connectivity index (χ1) is 19.1. The largest absolute Gasteiger partial charge is 0.496 e. The molecule has 2 N–H and O–H groups in total. The van der Waals surface area contributed by atoms with Crippen LogP contribution in [0.3, 0.4) is 0 Å². The van der Waals surface area contributed by atoms with Crippen molar-refractivity contribution in [3.8, 4) is 10.8 Å². The van der Waals surface area contributed by atoms with Crippen LogP contribution in [0.5, 0.6) is 5.75 Å². The van der Waals surface area contributed by atoms with E-state index in [0.717, 1.165) is 4.57 Å². The lowest BCUT2D eigenvalue weighted by molar-refractivity contribution is -0.122. The van der Waals surface area contributed by atoms with Gasteiger partial charge in [-0.25, -0.2) is 9.18 Å². The second kappa shape index (κ2) is 14.0. The summed E-state index contributed by atoms with van der Waals surface area (Å²) >= 11 is 1.20. The second-order valence-corrected chi connectivity index (χ2v) is 9.98. The Bertz CT molecular complexity index is 1560. The van der Waals surface area contributed by atoms with Gasteiger partial charge in [0.15, 0.2) is 0 Å². The summed E-state index contributed by atoms with van der Waals surface area (Å²) in [6, 6.07) is 4.03. The van der Waals surface area contributed by atoms with Crippen LogP contribution < -0.4 is 21.3 Å². The SMILES string of the molecule is COCCO.COc1ccc(F)cc1CCn1c(=O)n(CC(=O)NC(C)C)c(=O)c2c(C)c(-n3nccn3)sc21. The molecular formula is C26H33FN6O6S. The van der Waals surface area contributed by atoms with Crippen LogP contribution in [0, 0.1) is 12.7 Å². The maximum Gasteiger partial charge on any atom is 0.332 e. The van der Waals surface area contributed by atoms with Crippen LogP contribution >= 0.6 is 11.3 Å². The molecule has 1 aromatic carbocycles. The molecule has 0 aliphatic carbocycles. The fourth-order valence-electron chi connectivity index (χ4n) is 4.01. The van der Waals surface area contributed by atoms with E-state index >= 15 is 0 Å². The number of aryl methyl sites for hydroxylation is 3. The van der Waals surface area contributed by atoms with Crippen LogP contribution in [0.1, 0.15) is 25.0 Å². The maximum absolute atomic E-state index is 13.9. The summed E-state index contributed by atoms with van der Waals surface area (Å²) in [5.41, 5.74) is -0.0138. The molecule has 0 saturated carbocycles. The Morgan fingerprint density at radius 2 is 1.88 bits per heavy atom. The first kappa shape index (κ1) is 30.7. The molecule has 0 atom stereocenters. The topological polar surface area (TPSA) is 142 Å². The number of amides is 1. The number of thiophene rings is 1. The third-order valence-corrected chi connectivity index (χ3v) is 7.04. The van der Waals surface area contributed by atoms with Crippen molar-refractivity contribution in [1.29, 1.82) is 0 Å². The summed E-state index contributed by atoms with van der Waals surface area (Å²) in [5.74, 6) is -0.379. The Hall–Kier alpha value is -3.88. The number of aliphatic hydroxyl groups is 1. The first-order valence-corrected chi connectivity index (χ1v) is 13.3. The molecule has 3 heterocycles. The van der Waals surface area contributed by atoms with Gasteiger partial charge < -0.3 is 19.9 Å². The summed E-state index contributed by atoms with van der Waals surface area (Å²) in [4.78, 5) is 41.2. The Morgan fingerprint density at radius 1 is 1.18 bits per heavy atom. The lowest BCUT2D eigenvalue weighted by Gasteiger charge is -2.14. The Labute approximate surface area is 233 Å². The number of carbonyl (C=O) groups is 1. The van der Waals surface area contributed by atoms with Gasteiger partial charge in [-0.3, -0.25) is 18.7 Å². The highest BCUT2D eigenvalue weighted by atomic mass is 32.1. The molecule has 0 spiro atoms. The lowest BCUT2D eigenvalue weighted by Crippen LogP contribution is -2.44. The third-order valence-electron chi connectivity index (χ3n) is 5.76. The molecule has 0 fully saturated rings. The molecule has 4 aromatic rings. The third kappa shape index (κ3) is 7.00. The number of halogens is 1. The van der Waals surface area contributed by atoms with Crippen LogP contribution in [0.25, 0.3) is 15.2 Å². The normalized spacial score (nSPS) is 11.0. The number of benzene rings is 1. The molecule has 40 heavy (non-hydrogen) atoms. The number of rotatable bonds is 10. The Morgan fingerprint density at radius 3 is 2.45 bits per heavy atom. The highest BCUT2D eigenvalue weighted by Crippen LogP contribution is 2.30. The smallest absolute Gasteiger partial charge is 0.332 e. The van der Waals surface area contributed by atoms with Crippen molar-refractivity contribution in [3.63, 3.8) is 0 Å². The van der Waals surface area contributed by atoms with Gasteiger partial charge in [-0.2, -0.15) is 10.2 Å². The van der Waals surface area contributed by atoms with E-state index in [4.69, 9.17) is 9.84 Å². The van der Waals surface area contributed by atoms with Crippen molar-refractivity contribution >= 4 is 27.5 Å². The summed E-state index contributed by atoms with van der Waals surface area (Å²) in [5, 5.41) is 19.8. The molecule has 1 amide bonds. The summed E-state index contributed by atoms with van der Waals surface area (Å²) in [6.07, 6.45) is 3.29. The predicted octanol–water partition coefficient (Wildman–Crippen LogP) is 1.65. The molecule has 0 unspecified atom stereocenters. The number of aliphatic hydroxyl groups excluding tert-OH is 1. The fourth-order valence-corrected chi connectivity index (χ4v) is 5.24. The first-order valence-electron chi connectivity index (χ1n) is 12.5. The van der Waals surface area contributed by atoms with Crippen molar-refractivity contribution in [3.05, 3.63) is 68.4 Å². The van der Waals surface area contributed by atoms with Crippen molar-refractivity contribution in [1.82, 2.24) is 29.4 Å². The van der Waals surface area contributed by atoms with E-state index in [2.05, 4.69) is 20.3 Å². The molecule has 216 valence electrons. The number of methoxy groups -OCH3 is 2. The van der Waals surface area contributed by atoms with Gasteiger partial charge in [-0.1, -0.05) is 11.3 Å². The van der Waals surface area contributed by atoms with Gasteiger partial charge in [0.05, 0.1) is 38.1 Å². The minimum Gasteiger partial charge on any atom is -0.496 e. The highest BCUT2D eigenvalue weighted by molar-refractivity contribution is 7.21. The standard InChI is InChI=1S/C23H25FN6O4S.C3H8O2/c1-13(2)27-18(31)12-29-20(32)19-14(3)21(30-25-8-9-26-30)35-22(19)28(23(29)33)10-7-15-11-16(24)5-6-17(15)34-4;1-5-3-2-4/h5-6,8-9,11,13H,7,10,12H2,1-4H3,(H,27,31);4H,2-3H2,1H3. The molecule has 12 nitrogen and oxygen atoms in total. The highest BCUT2D eigenvalue weighted by Gasteiger charge is 2.23. The predicted molar refractivity (Wildman–Crippen MR) is 149 cm³/mol. The zero-order valence-corrected chi connectivity index (χ0v) is 23.8. The second-order valence-electron chi connectivity index (χ2n) is 9.00. The van der Waals surface area contributed by atoms with E-state index in [9.17, 15) is 18.8 Å². The lowest BCUT2D eigenvalue weighted by atomic mass is 10.1. The van der Waals surface area contributed by atoms with Crippen LogP contribution in [0.15, 0.2) is 40.2 Å². The molecule has 0 aliphatic rings. The number of nitrogens with one attached hydrogen (secondary N) is 1. The number of fused-ring (bicyclic) bond motifs is 1. The van der Waals surface area contributed by atoms with Gasteiger partial charge in [-0.15, -0.1) is 4.80 Å². The fraction of sp³-hybridized carbons (Fsp3) is 0.423. The molecule has 0 bridgehead atoms. The number of ether oxygens (including phenoxy) is 2. The monoisotopic (exact) mass is 576 g/mol. The number of hydrogen-bond donors (Lipinski definition) is 2. The number of aromatic nitrogens is 5. The van der Waals surface area contributed by atoms with Gasteiger partial charge >= 0.3 is 5.69 Å². The van der Waals surface area contributed by atoms with Gasteiger partial charge in [0, 0.05) is 25.3 Å². The number of nitrogens with zero attached hydrogens (tertiary/aromatic N) is 5. The molecule has 14 heteroatoms. The van der Waals surface area contributed by atoms with Gasteiger partial charge in [-0.05, 0) is 51.0 Å². The van der Waals surface area contributed by atoms with Crippen molar-refractivity contribution in [2.45, 2.75) is 46.3 Å². The number of carbonyl (C=O) groups excluding carboxylic acids is 1. The van der Waals surface area contributed by atoms with E-state index in [-0.39, 0.29) is 25.6 Å². The van der Waals surface area contributed by atoms with Gasteiger partial charge in [0.25, 0.3) is 5.56 Å².